The van der Waals surface area contributed by atoms with Crippen LogP contribution in [-0.2, 0) is 4.79 Å². The highest BCUT2D eigenvalue weighted by molar-refractivity contribution is 5.70. The van der Waals surface area contributed by atoms with Crippen LogP contribution in [0.15, 0.2) is 0 Å². The first-order valence-electron chi connectivity index (χ1n) is 4.04. The number of hydrogen-bond donors (Lipinski definition) is 2. The van der Waals surface area contributed by atoms with E-state index in [0.717, 1.165) is 6.42 Å². The fourth-order valence-corrected chi connectivity index (χ4v) is 1.08. The van der Waals surface area contributed by atoms with Crippen molar-refractivity contribution >= 4 is 5.97 Å². The Balaban J connectivity index is 3.97. The van der Waals surface area contributed by atoms with Crippen molar-refractivity contribution < 1.29 is 15.0 Å². The van der Waals surface area contributed by atoms with Crippen LogP contribution in [0.5, 0.6) is 0 Å². The molecule has 0 radical (unpaired) electrons. The van der Waals surface area contributed by atoms with Gasteiger partial charge in [-0.1, -0.05) is 20.3 Å². The summed E-state index contributed by atoms with van der Waals surface area (Å²) in [7, 11) is 0. The van der Waals surface area contributed by atoms with Crippen molar-refractivity contribution in [3.05, 3.63) is 0 Å². The number of aliphatic carboxylic acids is 1. The predicted molar refractivity (Wildman–Crippen MR) is 42.3 cm³/mol. The van der Waals surface area contributed by atoms with E-state index in [1.807, 2.05) is 6.92 Å². The minimum absolute atomic E-state index is 0.511. The van der Waals surface area contributed by atoms with Gasteiger partial charge in [-0.25, -0.2) is 0 Å². The summed E-state index contributed by atoms with van der Waals surface area (Å²) < 4.78 is 0. The van der Waals surface area contributed by atoms with Crippen LogP contribution in [0.1, 0.15) is 33.1 Å². The van der Waals surface area contributed by atoms with Crippen LogP contribution in [0.25, 0.3) is 0 Å². The molecule has 0 aliphatic rings. The molecule has 2 atom stereocenters. The van der Waals surface area contributed by atoms with Crippen molar-refractivity contribution in [3.8, 4) is 0 Å². The summed E-state index contributed by atoms with van der Waals surface area (Å²) >= 11 is 0. The molecule has 0 saturated heterocycles. The summed E-state index contributed by atoms with van der Waals surface area (Å²) in [4.78, 5) is 10.5. The molecule has 0 aliphatic carbocycles. The van der Waals surface area contributed by atoms with E-state index in [9.17, 15) is 9.90 Å². The van der Waals surface area contributed by atoms with Crippen LogP contribution in [-0.4, -0.2) is 22.3 Å². The maximum Gasteiger partial charge on any atom is 0.309 e. The van der Waals surface area contributed by atoms with Crippen LogP contribution >= 0.6 is 0 Å². The zero-order chi connectivity index (χ0) is 8.85. The third-order valence-electron chi connectivity index (χ3n) is 1.80. The predicted octanol–water partition coefficient (Wildman–Crippen LogP) is 1.26. The van der Waals surface area contributed by atoms with Crippen LogP contribution in [0, 0.1) is 5.92 Å². The standard InChI is InChI=1S/C8H16O3/c1-3-5-6(8(10)11)7(9)4-2/h6-7,9H,3-5H2,1-2H3,(H,10,11)/t6-,7-/m1/s1. The quantitative estimate of drug-likeness (QED) is 0.636. The van der Waals surface area contributed by atoms with E-state index in [0.29, 0.717) is 12.8 Å². The monoisotopic (exact) mass is 160 g/mol. The molecule has 0 spiro atoms. The molecule has 0 saturated carbocycles. The molecule has 0 amide bonds. The van der Waals surface area contributed by atoms with Gasteiger partial charge in [0, 0.05) is 0 Å². The van der Waals surface area contributed by atoms with Gasteiger partial charge in [0.1, 0.15) is 0 Å². The Labute approximate surface area is 67.0 Å². The molecular formula is C8H16O3. The second-order valence-corrected chi connectivity index (χ2v) is 2.71. The average molecular weight is 160 g/mol. The normalized spacial score (nSPS) is 15.9. The lowest BCUT2D eigenvalue weighted by Gasteiger charge is -2.16. The van der Waals surface area contributed by atoms with Crippen LogP contribution in [0.2, 0.25) is 0 Å². The summed E-state index contributed by atoms with van der Waals surface area (Å²) in [5, 5.41) is 17.9. The average Bonchev–Trinajstić information content (AvgIpc) is 1.98. The lowest BCUT2D eigenvalue weighted by Crippen LogP contribution is -2.27. The molecule has 0 aromatic heterocycles. The molecule has 0 aromatic carbocycles. The minimum atomic E-state index is -0.888. The molecular weight excluding hydrogens is 144 g/mol. The van der Waals surface area contributed by atoms with Crippen molar-refractivity contribution in [1.82, 2.24) is 0 Å². The zero-order valence-corrected chi connectivity index (χ0v) is 7.08. The fourth-order valence-electron chi connectivity index (χ4n) is 1.08. The van der Waals surface area contributed by atoms with Gasteiger partial charge in [-0.3, -0.25) is 4.79 Å². The fraction of sp³-hybridized carbons (Fsp3) is 0.875. The first-order chi connectivity index (χ1) is 5.13. The second-order valence-electron chi connectivity index (χ2n) is 2.71. The Morgan fingerprint density at radius 2 is 2.00 bits per heavy atom. The van der Waals surface area contributed by atoms with E-state index in [1.54, 1.807) is 6.92 Å². The molecule has 3 nitrogen and oxygen atoms in total. The Morgan fingerprint density at radius 1 is 1.45 bits per heavy atom. The molecule has 11 heavy (non-hydrogen) atoms. The highest BCUT2D eigenvalue weighted by atomic mass is 16.4. The second kappa shape index (κ2) is 5.13. The molecule has 0 unspecified atom stereocenters. The third kappa shape index (κ3) is 3.37. The highest BCUT2D eigenvalue weighted by Crippen LogP contribution is 2.13. The van der Waals surface area contributed by atoms with Crippen LogP contribution < -0.4 is 0 Å². The first kappa shape index (κ1) is 10.4. The topological polar surface area (TPSA) is 57.5 Å². The molecule has 0 aliphatic heterocycles. The highest BCUT2D eigenvalue weighted by Gasteiger charge is 2.23. The van der Waals surface area contributed by atoms with Crippen molar-refractivity contribution in [2.45, 2.75) is 39.2 Å². The van der Waals surface area contributed by atoms with Gasteiger partial charge in [0.2, 0.25) is 0 Å². The Kier molecular flexibility index (Phi) is 4.86. The lowest BCUT2D eigenvalue weighted by atomic mass is 9.96. The van der Waals surface area contributed by atoms with E-state index in [2.05, 4.69) is 0 Å². The van der Waals surface area contributed by atoms with Gasteiger partial charge in [0.05, 0.1) is 12.0 Å². The van der Waals surface area contributed by atoms with Gasteiger partial charge in [-0.05, 0) is 12.8 Å². The third-order valence-corrected chi connectivity index (χ3v) is 1.80. The molecule has 3 heteroatoms. The molecule has 0 fully saturated rings. The van der Waals surface area contributed by atoms with Gasteiger partial charge in [-0.15, -0.1) is 0 Å². The van der Waals surface area contributed by atoms with Crippen molar-refractivity contribution in [1.29, 1.82) is 0 Å². The summed E-state index contributed by atoms with van der Waals surface area (Å²) in [5.74, 6) is -1.47. The summed E-state index contributed by atoms with van der Waals surface area (Å²) in [6.07, 6.45) is 1.18. The SMILES string of the molecule is CCC[C@@H](C(=O)O)[C@H](O)CC. The summed E-state index contributed by atoms with van der Waals surface area (Å²) in [5.41, 5.74) is 0. The summed E-state index contributed by atoms with van der Waals surface area (Å²) in [6.45, 7) is 3.70. The zero-order valence-electron chi connectivity index (χ0n) is 7.08. The molecule has 0 bridgehead atoms. The van der Waals surface area contributed by atoms with E-state index >= 15 is 0 Å². The smallest absolute Gasteiger partial charge is 0.309 e. The Morgan fingerprint density at radius 3 is 2.27 bits per heavy atom. The first-order valence-corrected chi connectivity index (χ1v) is 4.04. The van der Waals surface area contributed by atoms with E-state index in [4.69, 9.17) is 5.11 Å². The molecule has 0 aromatic rings. The van der Waals surface area contributed by atoms with Gasteiger partial charge in [-0.2, -0.15) is 0 Å². The lowest BCUT2D eigenvalue weighted by molar-refractivity contribution is -0.146. The van der Waals surface area contributed by atoms with Crippen LogP contribution in [0.4, 0.5) is 0 Å². The summed E-state index contributed by atoms with van der Waals surface area (Å²) in [6, 6.07) is 0. The van der Waals surface area contributed by atoms with Gasteiger partial charge in [0.25, 0.3) is 0 Å². The van der Waals surface area contributed by atoms with Gasteiger partial charge in [0.15, 0.2) is 0 Å². The Bertz CT molecular complexity index is 123. The number of aliphatic hydroxyl groups is 1. The number of carboxylic acid groups (broad SMARTS) is 1. The van der Waals surface area contributed by atoms with Crippen LogP contribution in [0.3, 0.4) is 0 Å². The van der Waals surface area contributed by atoms with E-state index < -0.39 is 18.0 Å². The number of hydrogen-bond acceptors (Lipinski definition) is 2. The Hall–Kier alpha value is -0.570. The number of carbonyl (C=O) groups is 1. The molecule has 66 valence electrons. The largest absolute Gasteiger partial charge is 0.481 e. The van der Waals surface area contributed by atoms with E-state index in [-0.39, 0.29) is 0 Å². The van der Waals surface area contributed by atoms with E-state index in [1.165, 1.54) is 0 Å². The number of rotatable bonds is 5. The maximum atomic E-state index is 10.5. The molecule has 0 rings (SSSR count). The maximum absolute atomic E-state index is 10.5. The number of aliphatic hydroxyl groups excluding tert-OH is 1. The van der Waals surface area contributed by atoms with Crippen molar-refractivity contribution in [2.24, 2.45) is 5.92 Å². The van der Waals surface area contributed by atoms with Gasteiger partial charge >= 0.3 is 5.97 Å². The van der Waals surface area contributed by atoms with Gasteiger partial charge < -0.3 is 10.2 Å². The minimum Gasteiger partial charge on any atom is -0.481 e. The molecule has 2 N–H and O–H groups in total. The number of carboxylic acids is 1. The van der Waals surface area contributed by atoms with Crippen molar-refractivity contribution in [2.75, 3.05) is 0 Å². The van der Waals surface area contributed by atoms with Crippen molar-refractivity contribution in [3.63, 3.8) is 0 Å². The molecule has 0 heterocycles.